The highest BCUT2D eigenvalue weighted by Crippen LogP contribution is 2.24. The molecule has 0 spiro atoms. The van der Waals surface area contributed by atoms with Crippen molar-refractivity contribution in [3.8, 4) is 11.8 Å². The predicted molar refractivity (Wildman–Crippen MR) is 99.2 cm³/mol. The van der Waals surface area contributed by atoms with Crippen LogP contribution in [-0.4, -0.2) is 36.4 Å². The number of amides is 1. The Morgan fingerprint density at radius 2 is 2.21 bits per heavy atom. The number of rotatable bonds is 3. The summed E-state index contributed by atoms with van der Waals surface area (Å²) in [4.78, 5) is 14.7. The summed E-state index contributed by atoms with van der Waals surface area (Å²) in [6, 6.07) is 6.31. The molecule has 3 aromatic rings. The number of nitrogens with zero attached hydrogens (tertiary/aromatic N) is 6. The molecule has 1 atom stereocenters. The zero-order valence-corrected chi connectivity index (χ0v) is 15.8. The number of nitriles is 1. The van der Waals surface area contributed by atoms with Crippen LogP contribution in [-0.2, 0) is 24.3 Å². The molecule has 1 aromatic carbocycles. The molecule has 2 aromatic heterocycles. The van der Waals surface area contributed by atoms with Gasteiger partial charge in [-0.1, -0.05) is 17.7 Å². The second kappa shape index (κ2) is 7.09. The van der Waals surface area contributed by atoms with Gasteiger partial charge in [0, 0.05) is 12.2 Å². The molecular weight excluding hydrogens is 383 g/mol. The summed E-state index contributed by atoms with van der Waals surface area (Å²) in [7, 11) is 0. The fraction of sp³-hybridized carbons (Fsp3) is 0.263. The first kappa shape index (κ1) is 18.2. The number of benzene rings is 1. The average molecular weight is 399 g/mol. The van der Waals surface area contributed by atoms with E-state index in [4.69, 9.17) is 16.9 Å². The molecule has 0 aliphatic carbocycles. The van der Waals surface area contributed by atoms with Crippen LogP contribution >= 0.6 is 11.6 Å². The SMILES string of the molecule is CC1Cn2ncc(-n3cc(C#N)cn3)c2CN1C(=O)Cc1ccc(F)c(Cl)c1. The smallest absolute Gasteiger partial charge is 0.227 e. The minimum Gasteiger partial charge on any atom is -0.332 e. The van der Waals surface area contributed by atoms with Gasteiger partial charge < -0.3 is 4.90 Å². The Labute approximate surface area is 165 Å². The standard InChI is InChI=1S/C19H16ClFN6O/c1-12-9-26-18(17(8-24-26)27-10-14(6-22)7-23-27)11-25(12)19(28)5-13-2-3-16(21)15(20)4-13/h2-4,7-8,10,12H,5,9,11H2,1H3. The van der Waals surface area contributed by atoms with Gasteiger partial charge in [0.1, 0.15) is 17.6 Å². The lowest BCUT2D eigenvalue weighted by molar-refractivity contribution is -0.134. The molecule has 1 aliphatic rings. The number of fused-ring (bicyclic) bond motifs is 1. The van der Waals surface area contributed by atoms with E-state index in [1.165, 1.54) is 18.3 Å². The predicted octanol–water partition coefficient (Wildman–Crippen LogP) is 2.71. The summed E-state index contributed by atoms with van der Waals surface area (Å²) >= 11 is 5.82. The van der Waals surface area contributed by atoms with Crippen molar-refractivity contribution in [3.63, 3.8) is 0 Å². The Bertz CT molecular complexity index is 1100. The number of carbonyl (C=O) groups is 1. The Hall–Kier alpha value is -3.18. The van der Waals surface area contributed by atoms with Gasteiger partial charge in [-0.3, -0.25) is 9.48 Å². The monoisotopic (exact) mass is 398 g/mol. The number of aromatic nitrogens is 4. The molecule has 0 saturated carbocycles. The van der Waals surface area contributed by atoms with Crippen LogP contribution in [0.5, 0.6) is 0 Å². The maximum absolute atomic E-state index is 13.4. The van der Waals surface area contributed by atoms with E-state index in [-0.39, 0.29) is 23.4 Å². The van der Waals surface area contributed by atoms with Crippen LogP contribution in [0.4, 0.5) is 4.39 Å². The van der Waals surface area contributed by atoms with Gasteiger partial charge in [-0.05, 0) is 24.6 Å². The Balaban J connectivity index is 1.58. The van der Waals surface area contributed by atoms with E-state index in [9.17, 15) is 9.18 Å². The highest BCUT2D eigenvalue weighted by atomic mass is 35.5. The van der Waals surface area contributed by atoms with Crippen LogP contribution in [0.15, 0.2) is 36.8 Å². The van der Waals surface area contributed by atoms with Crippen LogP contribution in [0.3, 0.4) is 0 Å². The van der Waals surface area contributed by atoms with Gasteiger partial charge in [0.05, 0.1) is 48.2 Å². The molecule has 1 aliphatic heterocycles. The van der Waals surface area contributed by atoms with Crippen molar-refractivity contribution in [3.05, 3.63) is 64.5 Å². The number of carbonyl (C=O) groups excluding carboxylic acids is 1. The van der Waals surface area contributed by atoms with Gasteiger partial charge in [0.25, 0.3) is 0 Å². The number of hydrogen-bond donors (Lipinski definition) is 0. The third-order valence-electron chi connectivity index (χ3n) is 4.83. The van der Waals surface area contributed by atoms with Crippen LogP contribution in [0.2, 0.25) is 5.02 Å². The van der Waals surface area contributed by atoms with Crippen molar-refractivity contribution < 1.29 is 9.18 Å². The first-order valence-corrected chi connectivity index (χ1v) is 9.07. The van der Waals surface area contributed by atoms with Crippen molar-refractivity contribution >= 4 is 17.5 Å². The number of hydrogen-bond acceptors (Lipinski definition) is 4. The fourth-order valence-corrected chi connectivity index (χ4v) is 3.55. The molecule has 9 heteroatoms. The lowest BCUT2D eigenvalue weighted by atomic mass is 10.1. The van der Waals surface area contributed by atoms with Gasteiger partial charge in [-0.15, -0.1) is 0 Å². The summed E-state index contributed by atoms with van der Waals surface area (Å²) in [6.07, 6.45) is 4.93. The summed E-state index contributed by atoms with van der Waals surface area (Å²) in [5.74, 6) is -0.583. The molecule has 0 N–H and O–H groups in total. The molecule has 142 valence electrons. The lowest BCUT2D eigenvalue weighted by Crippen LogP contribution is -2.45. The van der Waals surface area contributed by atoms with E-state index in [2.05, 4.69) is 10.2 Å². The van der Waals surface area contributed by atoms with Gasteiger partial charge >= 0.3 is 0 Å². The molecule has 0 radical (unpaired) electrons. The van der Waals surface area contributed by atoms with Gasteiger partial charge in [0.15, 0.2) is 0 Å². The maximum Gasteiger partial charge on any atom is 0.227 e. The summed E-state index contributed by atoms with van der Waals surface area (Å²) < 4.78 is 16.8. The quantitative estimate of drug-likeness (QED) is 0.679. The maximum atomic E-state index is 13.4. The third kappa shape index (κ3) is 3.25. The van der Waals surface area contributed by atoms with Crippen LogP contribution in [0.25, 0.3) is 5.69 Å². The molecule has 0 fully saturated rings. The Morgan fingerprint density at radius 1 is 1.39 bits per heavy atom. The summed E-state index contributed by atoms with van der Waals surface area (Å²) in [6.45, 7) is 2.88. The third-order valence-corrected chi connectivity index (χ3v) is 5.12. The van der Waals surface area contributed by atoms with Crippen LogP contribution in [0, 0.1) is 17.1 Å². The molecule has 0 saturated heterocycles. The summed E-state index contributed by atoms with van der Waals surface area (Å²) in [5, 5.41) is 17.6. The lowest BCUT2D eigenvalue weighted by Gasteiger charge is -2.34. The largest absolute Gasteiger partial charge is 0.332 e. The fourth-order valence-electron chi connectivity index (χ4n) is 3.35. The molecule has 1 amide bonds. The van der Waals surface area contributed by atoms with Crippen LogP contribution in [0.1, 0.15) is 23.7 Å². The first-order valence-electron chi connectivity index (χ1n) is 8.69. The van der Waals surface area contributed by atoms with Crippen LogP contribution < -0.4 is 0 Å². The van der Waals surface area contributed by atoms with E-state index in [0.717, 1.165) is 11.4 Å². The topological polar surface area (TPSA) is 79.7 Å². The molecule has 7 nitrogen and oxygen atoms in total. The molecule has 3 heterocycles. The molecule has 4 rings (SSSR count). The van der Waals surface area contributed by atoms with Crippen molar-refractivity contribution in [2.24, 2.45) is 0 Å². The van der Waals surface area contributed by atoms with Crippen molar-refractivity contribution in [1.29, 1.82) is 5.26 Å². The second-order valence-corrected chi connectivity index (χ2v) is 7.15. The average Bonchev–Trinajstić information content (AvgIpc) is 3.30. The minimum atomic E-state index is -0.506. The van der Waals surface area contributed by atoms with Crippen molar-refractivity contribution in [2.75, 3.05) is 0 Å². The normalized spacial score (nSPS) is 15.9. The van der Waals surface area contributed by atoms with E-state index in [1.54, 1.807) is 28.0 Å². The summed E-state index contributed by atoms with van der Waals surface area (Å²) in [5.41, 5.74) is 2.69. The molecular formula is C19H16ClFN6O. The minimum absolute atomic E-state index is 0.00401. The molecule has 28 heavy (non-hydrogen) atoms. The Kier molecular flexibility index (Phi) is 4.61. The van der Waals surface area contributed by atoms with Crippen molar-refractivity contribution in [1.82, 2.24) is 24.5 Å². The van der Waals surface area contributed by atoms with E-state index < -0.39 is 5.82 Å². The molecule has 1 unspecified atom stereocenters. The Morgan fingerprint density at radius 3 is 2.93 bits per heavy atom. The second-order valence-electron chi connectivity index (χ2n) is 6.74. The first-order chi connectivity index (χ1) is 13.5. The zero-order chi connectivity index (χ0) is 19.8. The van der Waals surface area contributed by atoms with Crippen molar-refractivity contribution in [2.45, 2.75) is 32.5 Å². The number of halogens is 2. The highest BCUT2D eigenvalue weighted by molar-refractivity contribution is 6.30. The van der Waals surface area contributed by atoms with Gasteiger partial charge in [0.2, 0.25) is 5.91 Å². The van der Waals surface area contributed by atoms with E-state index in [1.807, 2.05) is 17.7 Å². The highest BCUT2D eigenvalue weighted by Gasteiger charge is 2.30. The van der Waals surface area contributed by atoms with Gasteiger partial charge in [-0.25, -0.2) is 9.07 Å². The zero-order valence-electron chi connectivity index (χ0n) is 15.0. The molecule has 0 bridgehead atoms. The van der Waals surface area contributed by atoms with E-state index >= 15 is 0 Å². The van der Waals surface area contributed by atoms with Gasteiger partial charge in [-0.2, -0.15) is 15.5 Å². The van der Waals surface area contributed by atoms with E-state index in [0.29, 0.717) is 24.2 Å².